The van der Waals surface area contributed by atoms with Gasteiger partial charge in [0.25, 0.3) is 0 Å². The predicted octanol–water partition coefficient (Wildman–Crippen LogP) is 9.73. The molecule has 0 spiro atoms. The molecule has 2 heteroatoms. The van der Waals surface area contributed by atoms with Crippen molar-refractivity contribution in [1.29, 1.82) is 0 Å². The standard InChI is InChI=1S/C34H40F2/c1-3-4-6-9-26-14-18-30(19-15-26)31-20-16-27(17-21-31)12-13-28-23-33(35)32(34(36)24-28)22-25(2)29-10-7-5-8-11-29/h3-5,7-8,10-11,14-15,18-19,23-25,27,31H,6,9,12-13,16-17,20-22H2,1-2H3/b4-3+. The molecule has 1 aliphatic rings. The second-order valence-corrected chi connectivity index (χ2v) is 10.7. The van der Waals surface area contributed by atoms with Crippen molar-refractivity contribution in [3.63, 3.8) is 0 Å². The molecule has 0 aromatic heterocycles. The lowest BCUT2D eigenvalue weighted by Gasteiger charge is -2.29. The van der Waals surface area contributed by atoms with E-state index in [-0.39, 0.29) is 11.5 Å². The molecule has 0 radical (unpaired) electrons. The zero-order valence-corrected chi connectivity index (χ0v) is 21.9. The van der Waals surface area contributed by atoms with Crippen LogP contribution in [0.3, 0.4) is 0 Å². The molecular formula is C34H40F2. The van der Waals surface area contributed by atoms with Crippen LogP contribution in [0.4, 0.5) is 8.78 Å². The van der Waals surface area contributed by atoms with Gasteiger partial charge >= 0.3 is 0 Å². The van der Waals surface area contributed by atoms with Crippen molar-refractivity contribution in [2.24, 2.45) is 5.92 Å². The fourth-order valence-corrected chi connectivity index (χ4v) is 5.73. The third kappa shape index (κ3) is 7.15. The molecule has 0 nitrogen and oxygen atoms in total. The molecule has 0 amide bonds. The molecule has 0 bridgehead atoms. The van der Waals surface area contributed by atoms with Crippen molar-refractivity contribution in [2.75, 3.05) is 0 Å². The highest BCUT2D eigenvalue weighted by Crippen LogP contribution is 2.38. The summed E-state index contributed by atoms with van der Waals surface area (Å²) < 4.78 is 29.7. The SMILES string of the molecule is C/C=C/CCc1ccc(C2CCC(CCc3cc(F)c(CC(C)c4ccccc4)c(F)c3)CC2)cc1. The van der Waals surface area contributed by atoms with Crippen LogP contribution in [0.2, 0.25) is 0 Å². The van der Waals surface area contributed by atoms with Crippen molar-refractivity contribution in [3.8, 4) is 0 Å². The van der Waals surface area contributed by atoms with Gasteiger partial charge in [0.2, 0.25) is 0 Å². The van der Waals surface area contributed by atoms with Crippen LogP contribution >= 0.6 is 0 Å². The summed E-state index contributed by atoms with van der Waals surface area (Å²) in [5.41, 5.74) is 4.98. The Labute approximate surface area is 216 Å². The van der Waals surface area contributed by atoms with Crippen molar-refractivity contribution in [2.45, 2.75) is 83.5 Å². The van der Waals surface area contributed by atoms with Gasteiger partial charge in [-0.1, -0.05) is 73.7 Å². The zero-order valence-electron chi connectivity index (χ0n) is 21.9. The van der Waals surface area contributed by atoms with E-state index in [1.807, 2.05) is 37.3 Å². The molecular weight excluding hydrogens is 446 g/mol. The monoisotopic (exact) mass is 486 g/mol. The largest absolute Gasteiger partial charge is 0.207 e. The molecule has 190 valence electrons. The van der Waals surface area contributed by atoms with Gasteiger partial charge in [-0.15, -0.1) is 0 Å². The summed E-state index contributed by atoms with van der Waals surface area (Å²) in [6, 6.07) is 22.3. The molecule has 0 N–H and O–H groups in total. The average molecular weight is 487 g/mol. The molecule has 36 heavy (non-hydrogen) atoms. The summed E-state index contributed by atoms with van der Waals surface area (Å²) in [5.74, 6) is 0.568. The lowest BCUT2D eigenvalue weighted by atomic mass is 9.76. The molecule has 3 aromatic carbocycles. The van der Waals surface area contributed by atoms with E-state index in [4.69, 9.17) is 0 Å². The first-order valence-electron chi connectivity index (χ1n) is 13.7. The van der Waals surface area contributed by atoms with E-state index in [9.17, 15) is 8.78 Å². The van der Waals surface area contributed by atoms with Crippen LogP contribution in [-0.2, 0) is 19.3 Å². The number of rotatable bonds is 10. The van der Waals surface area contributed by atoms with E-state index in [1.54, 1.807) is 12.1 Å². The maximum atomic E-state index is 14.9. The van der Waals surface area contributed by atoms with E-state index in [1.165, 1.54) is 36.8 Å². The first-order valence-corrected chi connectivity index (χ1v) is 13.7. The van der Waals surface area contributed by atoms with Gasteiger partial charge in [0.05, 0.1) is 0 Å². The highest BCUT2D eigenvalue weighted by atomic mass is 19.1. The summed E-state index contributed by atoms with van der Waals surface area (Å²) in [5, 5.41) is 0. The van der Waals surface area contributed by atoms with E-state index in [0.717, 1.165) is 36.8 Å². The van der Waals surface area contributed by atoms with Crippen LogP contribution in [0.15, 0.2) is 78.9 Å². The lowest BCUT2D eigenvalue weighted by molar-refractivity contribution is 0.310. The number of halogens is 2. The molecule has 1 atom stereocenters. The van der Waals surface area contributed by atoms with Gasteiger partial charge in [-0.05, 0) is 117 Å². The fourth-order valence-electron chi connectivity index (χ4n) is 5.73. The van der Waals surface area contributed by atoms with E-state index < -0.39 is 11.6 Å². The van der Waals surface area contributed by atoms with Gasteiger partial charge in [0.15, 0.2) is 0 Å². The molecule has 1 saturated carbocycles. The molecule has 1 unspecified atom stereocenters. The Morgan fingerprint density at radius 3 is 2.14 bits per heavy atom. The Morgan fingerprint density at radius 2 is 1.50 bits per heavy atom. The third-order valence-corrected chi connectivity index (χ3v) is 8.05. The second kappa shape index (κ2) is 13.0. The van der Waals surface area contributed by atoms with Crippen LogP contribution < -0.4 is 0 Å². The third-order valence-electron chi connectivity index (χ3n) is 8.05. The smallest absolute Gasteiger partial charge is 0.129 e. The first kappa shape index (κ1) is 26.3. The summed E-state index contributed by atoms with van der Waals surface area (Å²) in [4.78, 5) is 0. The molecule has 1 aliphatic carbocycles. The number of hydrogen-bond donors (Lipinski definition) is 0. The fraction of sp³-hybridized carbons (Fsp3) is 0.412. The molecule has 0 saturated heterocycles. The molecule has 3 aromatic rings. The number of benzene rings is 3. The van der Waals surface area contributed by atoms with E-state index >= 15 is 0 Å². The Hall–Kier alpha value is -2.74. The predicted molar refractivity (Wildman–Crippen MR) is 148 cm³/mol. The van der Waals surface area contributed by atoms with Gasteiger partial charge in [0, 0.05) is 5.56 Å². The topological polar surface area (TPSA) is 0 Å². The number of allylic oxidation sites excluding steroid dienone is 2. The van der Waals surface area contributed by atoms with E-state index in [2.05, 4.69) is 43.3 Å². The van der Waals surface area contributed by atoms with Crippen molar-refractivity contribution >= 4 is 0 Å². The van der Waals surface area contributed by atoms with Crippen LogP contribution in [0, 0.1) is 17.6 Å². The lowest BCUT2D eigenvalue weighted by Crippen LogP contribution is -2.14. The molecule has 0 aliphatic heterocycles. The Morgan fingerprint density at radius 1 is 0.833 bits per heavy atom. The van der Waals surface area contributed by atoms with Crippen molar-refractivity contribution in [1.82, 2.24) is 0 Å². The van der Waals surface area contributed by atoms with E-state index in [0.29, 0.717) is 18.3 Å². The zero-order chi connectivity index (χ0) is 25.3. The summed E-state index contributed by atoms with van der Waals surface area (Å²) in [7, 11) is 0. The van der Waals surface area contributed by atoms with Crippen molar-refractivity contribution in [3.05, 3.63) is 118 Å². The molecule has 1 fully saturated rings. The molecule has 4 rings (SSSR count). The minimum absolute atomic E-state index is 0.0747. The highest BCUT2D eigenvalue weighted by molar-refractivity contribution is 5.30. The van der Waals surface area contributed by atoms with Gasteiger partial charge in [-0.3, -0.25) is 0 Å². The summed E-state index contributed by atoms with van der Waals surface area (Å²) >= 11 is 0. The second-order valence-electron chi connectivity index (χ2n) is 10.7. The summed E-state index contributed by atoms with van der Waals surface area (Å²) in [6.07, 6.45) is 13.5. The quantitative estimate of drug-likeness (QED) is 0.250. The number of hydrogen-bond acceptors (Lipinski definition) is 0. The Bertz CT molecular complexity index is 1080. The summed E-state index contributed by atoms with van der Waals surface area (Å²) in [6.45, 7) is 4.10. The van der Waals surface area contributed by atoms with Gasteiger partial charge < -0.3 is 0 Å². The maximum Gasteiger partial charge on any atom is 0.129 e. The van der Waals surface area contributed by atoms with Gasteiger partial charge in [0.1, 0.15) is 11.6 Å². The van der Waals surface area contributed by atoms with Crippen LogP contribution in [-0.4, -0.2) is 0 Å². The minimum Gasteiger partial charge on any atom is -0.207 e. The van der Waals surface area contributed by atoms with Crippen LogP contribution in [0.25, 0.3) is 0 Å². The highest BCUT2D eigenvalue weighted by Gasteiger charge is 2.23. The van der Waals surface area contributed by atoms with Gasteiger partial charge in [-0.2, -0.15) is 0 Å². The minimum atomic E-state index is -0.398. The maximum absolute atomic E-state index is 14.9. The van der Waals surface area contributed by atoms with Gasteiger partial charge in [-0.25, -0.2) is 8.78 Å². The Balaban J connectivity index is 1.26. The van der Waals surface area contributed by atoms with Crippen LogP contribution in [0.5, 0.6) is 0 Å². The molecule has 0 heterocycles. The van der Waals surface area contributed by atoms with Crippen molar-refractivity contribution < 1.29 is 8.78 Å². The Kier molecular flexibility index (Phi) is 9.50. The normalized spacial score (nSPS) is 19.0. The first-order chi connectivity index (χ1) is 17.5. The average Bonchev–Trinajstić information content (AvgIpc) is 2.91. The number of aryl methyl sites for hydroxylation is 2. The van der Waals surface area contributed by atoms with Crippen LogP contribution in [0.1, 0.15) is 92.0 Å².